The highest BCUT2D eigenvalue weighted by Gasteiger charge is 2.20. The normalized spacial score (nSPS) is 14.6. The predicted molar refractivity (Wildman–Crippen MR) is 69.9 cm³/mol. The van der Waals surface area contributed by atoms with E-state index in [9.17, 15) is 0 Å². The van der Waals surface area contributed by atoms with Crippen molar-refractivity contribution in [2.24, 2.45) is 7.05 Å². The number of hydrogen-bond acceptors (Lipinski definition) is 5. The van der Waals surface area contributed by atoms with Crippen LogP contribution in [0.25, 0.3) is 0 Å². The summed E-state index contributed by atoms with van der Waals surface area (Å²) in [4.78, 5) is 0. The Bertz CT molecular complexity index is 559. The molecule has 0 aliphatic heterocycles. The lowest BCUT2D eigenvalue weighted by molar-refractivity contribution is 0.408. The average Bonchev–Trinajstić information content (AvgIpc) is 3.16. The molecule has 2 aromatic rings. The van der Waals surface area contributed by atoms with Crippen LogP contribution in [0.15, 0.2) is 18.2 Å². The van der Waals surface area contributed by atoms with Crippen LogP contribution < -0.4 is 10.1 Å². The van der Waals surface area contributed by atoms with Gasteiger partial charge in [0.25, 0.3) is 0 Å². The molecular weight excluding hydrogens is 242 g/mol. The number of nitrogens with one attached hydrogen (secondary N) is 1. The summed E-state index contributed by atoms with van der Waals surface area (Å²) in [6.45, 7) is 2.69. The van der Waals surface area contributed by atoms with E-state index in [0.29, 0.717) is 17.8 Å². The van der Waals surface area contributed by atoms with Gasteiger partial charge in [0.2, 0.25) is 11.8 Å². The summed E-state index contributed by atoms with van der Waals surface area (Å²) in [6.07, 6.45) is 2.54. The van der Waals surface area contributed by atoms with Gasteiger partial charge >= 0.3 is 0 Å². The van der Waals surface area contributed by atoms with Crippen LogP contribution >= 0.6 is 0 Å². The van der Waals surface area contributed by atoms with Gasteiger partial charge in [-0.15, -0.1) is 5.10 Å². The Kier molecular flexibility index (Phi) is 3.16. The second-order valence-corrected chi connectivity index (χ2v) is 4.87. The van der Waals surface area contributed by atoms with E-state index in [1.807, 2.05) is 32.2 Å². The Morgan fingerprint density at radius 3 is 2.79 bits per heavy atom. The smallest absolute Gasteiger partial charge is 0.240 e. The summed E-state index contributed by atoms with van der Waals surface area (Å²) in [5.41, 5.74) is 1.84. The van der Waals surface area contributed by atoms with E-state index in [1.165, 1.54) is 12.8 Å². The van der Waals surface area contributed by atoms with Crippen molar-refractivity contribution in [3.8, 4) is 11.8 Å². The lowest BCUT2D eigenvalue weighted by Crippen LogP contribution is -2.16. The maximum atomic E-state index is 5.63. The molecule has 6 nitrogen and oxygen atoms in total. The van der Waals surface area contributed by atoms with Crippen molar-refractivity contribution >= 4 is 0 Å². The van der Waals surface area contributed by atoms with Crippen molar-refractivity contribution in [2.45, 2.75) is 32.4 Å². The number of rotatable bonds is 5. The molecule has 0 saturated heterocycles. The summed E-state index contributed by atoms with van der Waals surface area (Å²) in [5, 5.41) is 15.8. The van der Waals surface area contributed by atoms with Gasteiger partial charge in [0, 0.05) is 31.8 Å². The van der Waals surface area contributed by atoms with Crippen molar-refractivity contribution in [3.63, 3.8) is 0 Å². The number of aryl methyl sites for hydroxylation is 2. The van der Waals surface area contributed by atoms with Crippen molar-refractivity contribution in [2.75, 3.05) is 0 Å². The zero-order chi connectivity index (χ0) is 13.2. The number of hydrogen-bond donors (Lipinski definition) is 1. The van der Waals surface area contributed by atoms with Crippen molar-refractivity contribution in [1.82, 2.24) is 25.3 Å². The van der Waals surface area contributed by atoms with Gasteiger partial charge in [-0.2, -0.15) is 10.2 Å². The van der Waals surface area contributed by atoms with Crippen molar-refractivity contribution in [3.05, 3.63) is 29.6 Å². The first-order chi connectivity index (χ1) is 9.20. The van der Waals surface area contributed by atoms with E-state index in [4.69, 9.17) is 4.74 Å². The molecule has 19 heavy (non-hydrogen) atoms. The van der Waals surface area contributed by atoms with E-state index >= 15 is 0 Å². The first-order valence-electron chi connectivity index (χ1n) is 6.45. The third kappa shape index (κ3) is 3.08. The van der Waals surface area contributed by atoms with Crippen LogP contribution in [-0.2, 0) is 13.6 Å². The minimum absolute atomic E-state index is 0.484. The molecule has 0 unspecified atom stereocenters. The number of aromatic nitrogens is 4. The molecule has 100 valence electrons. The maximum Gasteiger partial charge on any atom is 0.240 e. The van der Waals surface area contributed by atoms with Crippen molar-refractivity contribution < 1.29 is 4.74 Å². The van der Waals surface area contributed by atoms with E-state index in [0.717, 1.165) is 17.9 Å². The second kappa shape index (κ2) is 4.97. The van der Waals surface area contributed by atoms with Gasteiger partial charge in [-0.1, -0.05) is 0 Å². The van der Waals surface area contributed by atoms with Crippen LogP contribution in [-0.4, -0.2) is 26.0 Å². The predicted octanol–water partition coefficient (Wildman–Crippen LogP) is 1.56. The fraction of sp³-hybridized carbons (Fsp3) is 0.462. The minimum Gasteiger partial charge on any atom is -0.419 e. The van der Waals surface area contributed by atoms with Crippen LogP contribution in [0.4, 0.5) is 0 Å². The van der Waals surface area contributed by atoms with Crippen molar-refractivity contribution in [1.29, 1.82) is 0 Å². The first-order valence-corrected chi connectivity index (χ1v) is 6.45. The summed E-state index contributed by atoms with van der Waals surface area (Å²) in [7, 11) is 1.84. The largest absolute Gasteiger partial charge is 0.419 e. The molecule has 1 aliphatic rings. The Morgan fingerprint density at radius 2 is 2.21 bits per heavy atom. The van der Waals surface area contributed by atoms with Crippen LogP contribution in [0.2, 0.25) is 0 Å². The lowest BCUT2D eigenvalue weighted by atomic mass is 10.4. The van der Waals surface area contributed by atoms with Gasteiger partial charge in [-0.25, -0.2) is 4.68 Å². The Hall–Kier alpha value is -1.95. The summed E-state index contributed by atoms with van der Waals surface area (Å²) in [5.74, 6) is 1.15. The van der Waals surface area contributed by atoms with Gasteiger partial charge in [0.1, 0.15) is 0 Å². The highest BCUT2D eigenvalue weighted by atomic mass is 16.5. The van der Waals surface area contributed by atoms with Crippen LogP contribution in [0.5, 0.6) is 11.8 Å². The molecule has 0 radical (unpaired) electrons. The fourth-order valence-corrected chi connectivity index (χ4v) is 1.82. The summed E-state index contributed by atoms with van der Waals surface area (Å²) in [6, 6.07) is 6.31. The summed E-state index contributed by atoms with van der Waals surface area (Å²) >= 11 is 0. The zero-order valence-electron chi connectivity index (χ0n) is 11.1. The van der Waals surface area contributed by atoms with Gasteiger partial charge in [-0.3, -0.25) is 0 Å². The molecular formula is C13H17N5O. The van der Waals surface area contributed by atoms with E-state index in [2.05, 4.69) is 20.6 Å². The monoisotopic (exact) mass is 259 g/mol. The van der Waals surface area contributed by atoms with Crippen LogP contribution in [0, 0.1) is 6.92 Å². The Balaban J connectivity index is 1.63. The highest BCUT2D eigenvalue weighted by molar-refractivity contribution is 5.21. The van der Waals surface area contributed by atoms with Gasteiger partial charge < -0.3 is 10.1 Å². The quantitative estimate of drug-likeness (QED) is 0.882. The second-order valence-electron chi connectivity index (χ2n) is 4.87. The van der Waals surface area contributed by atoms with E-state index < -0.39 is 0 Å². The van der Waals surface area contributed by atoms with Crippen LogP contribution in [0.1, 0.15) is 24.2 Å². The third-order valence-electron chi connectivity index (χ3n) is 3.01. The zero-order valence-corrected chi connectivity index (χ0v) is 11.1. The van der Waals surface area contributed by atoms with Gasteiger partial charge in [-0.05, 0) is 25.8 Å². The van der Waals surface area contributed by atoms with Crippen LogP contribution in [0.3, 0.4) is 0 Å². The SMILES string of the molecule is Cc1cc(Oc2ccc(CNC3CC3)nn2)n(C)n1. The fourth-order valence-electron chi connectivity index (χ4n) is 1.82. The molecule has 1 aliphatic carbocycles. The standard InChI is InChI=1S/C13H17N5O/c1-9-7-13(18(2)17-9)19-12-6-5-11(15-16-12)8-14-10-3-4-10/h5-7,10,14H,3-4,8H2,1-2H3. The molecule has 1 fully saturated rings. The molecule has 0 aromatic carbocycles. The van der Waals surface area contributed by atoms with Gasteiger partial charge in [0.15, 0.2) is 0 Å². The highest BCUT2D eigenvalue weighted by Crippen LogP contribution is 2.20. The molecule has 6 heteroatoms. The average molecular weight is 259 g/mol. The molecule has 1 saturated carbocycles. The molecule has 2 heterocycles. The summed E-state index contributed by atoms with van der Waals surface area (Å²) < 4.78 is 7.31. The topological polar surface area (TPSA) is 64.9 Å². The lowest BCUT2D eigenvalue weighted by Gasteiger charge is -2.05. The molecule has 3 rings (SSSR count). The molecule has 2 aromatic heterocycles. The maximum absolute atomic E-state index is 5.63. The first kappa shape index (κ1) is 12.1. The third-order valence-corrected chi connectivity index (χ3v) is 3.01. The number of nitrogens with zero attached hydrogens (tertiary/aromatic N) is 4. The van der Waals surface area contributed by atoms with Gasteiger partial charge in [0.05, 0.1) is 11.4 Å². The van der Waals surface area contributed by atoms with E-state index in [-0.39, 0.29) is 0 Å². The molecule has 0 atom stereocenters. The molecule has 1 N–H and O–H groups in total. The Morgan fingerprint density at radius 1 is 1.37 bits per heavy atom. The number of ether oxygens (including phenoxy) is 1. The molecule has 0 bridgehead atoms. The minimum atomic E-state index is 0.484. The molecule has 0 amide bonds. The molecule has 0 spiro atoms. The Labute approximate surface area is 111 Å². The van der Waals surface area contributed by atoms with E-state index in [1.54, 1.807) is 4.68 Å².